The second-order valence-corrected chi connectivity index (χ2v) is 10.7. The number of carbonyl (C=O) groups excluding carboxylic acids is 1. The molecule has 2 fully saturated rings. The molecule has 10 heteroatoms. The van der Waals surface area contributed by atoms with Gasteiger partial charge in [0.2, 0.25) is 10.0 Å². The van der Waals surface area contributed by atoms with Crippen molar-refractivity contribution in [2.75, 3.05) is 5.32 Å². The van der Waals surface area contributed by atoms with Crippen LogP contribution in [0.4, 0.5) is 16.3 Å². The van der Waals surface area contributed by atoms with Gasteiger partial charge in [0.25, 0.3) is 0 Å². The maximum atomic E-state index is 12.3. The molecule has 0 bridgehead atoms. The molecule has 5 rings (SSSR count). The van der Waals surface area contributed by atoms with Crippen molar-refractivity contribution in [3.05, 3.63) is 35.5 Å². The van der Waals surface area contributed by atoms with Crippen LogP contribution >= 0.6 is 0 Å². The summed E-state index contributed by atoms with van der Waals surface area (Å²) in [5.74, 6) is 0.930. The quantitative estimate of drug-likeness (QED) is 0.560. The molecule has 3 aliphatic rings. The van der Waals surface area contributed by atoms with Crippen molar-refractivity contribution in [1.82, 2.24) is 20.2 Å². The summed E-state index contributed by atoms with van der Waals surface area (Å²) < 4.78 is 32.9. The Morgan fingerprint density at radius 2 is 2.06 bits per heavy atom. The minimum Gasteiger partial charge on any atom is -0.446 e. The molecule has 166 valence electrons. The number of sulfonamides is 1. The van der Waals surface area contributed by atoms with Crippen LogP contribution in [0.25, 0.3) is 0 Å². The number of aromatic nitrogens is 2. The predicted molar refractivity (Wildman–Crippen MR) is 115 cm³/mol. The van der Waals surface area contributed by atoms with Crippen molar-refractivity contribution < 1.29 is 17.9 Å². The Hall–Kier alpha value is -2.59. The van der Waals surface area contributed by atoms with Crippen LogP contribution in [-0.2, 0) is 20.3 Å². The highest BCUT2D eigenvalue weighted by atomic mass is 32.2. The minimum atomic E-state index is -3.41. The van der Waals surface area contributed by atoms with Crippen LogP contribution in [0.2, 0.25) is 0 Å². The first-order valence-electron chi connectivity index (χ1n) is 10.7. The Labute approximate surface area is 181 Å². The zero-order valence-corrected chi connectivity index (χ0v) is 18.4. The van der Waals surface area contributed by atoms with E-state index in [1.165, 1.54) is 0 Å². The van der Waals surface area contributed by atoms with Gasteiger partial charge in [0.05, 0.1) is 10.4 Å². The molecule has 0 unspecified atom stereocenters. The van der Waals surface area contributed by atoms with Gasteiger partial charge >= 0.3 is 6.09 Å². The maximum Gasteiger partial charge on any atom is 0.407 e. The third-order valence-corrected chi connectivity index (χ3v) is 7.83. The molecular weight excluding hydrogens is 418 g/mol. The smallest absolute Gasteiger partial charge is 0.407 e. The largest absolute Gasteiger partial charge is 0.446 e. The summed E-state index contributed by atoms with van der Waals surface area (Å²) >= 11 is 0. The van der Waals surface area contributed by atoms with Crippen molar-refractivity contribution in [3.8, 4) is 0 Å². The zero-order valence-electron chi connectivity index (χ0n) is 17.6. The number of carbonyl (C=O) groups is 1. The van der Waals surface area contributed by atoms with Crippen molar-refractivity contribution in [2.24, 2.45) is 0 Å². The van der Waals surface area contributed by atoms with E-state index in [4.69, 9.17) is 4.74 Å². The van der Waals surface area contributed by atoms with Gasteiger partial charge in [-0.25, -0.2) is 17.9 Å². The Morgan fingerprint density at radius 3 is 2.81 bits per heavy atom. The van der Waals surface area contributed by atoms with Crippen LogP contribution in [0.15, 0.2) is 29.2 Å². The van der Waals surface area contributed by atoms with Crippen LogP contribution in [0, 0.1) is 0 Å². The van der Waals surface area contributed by atoms with Gasteiger partial charge in [0.15, 0.2) is 5.82 Å². The second kappa shape index (κ2) is 7.23. The van der Waals surface area contributed by atoms with Gasteiger partial charge in [-0.1, -0.05) is 0 Å². The fourth-order valence-electron chi connectivity index (χ4n) is 4.59. The molecule has 2 aliphatic carbocycles. The van der Waals surface area contributed by atoms with Gasteiger partial charge in [-0.3, -0.25) is 5.10 Å². The summed E-state index contributed by atoms with van der Waals surface area (Å²) in [5, 5.41) is 13.5. The van der Waals surface area contributed by atoms with Gasteiger partial charge in [0, 0.05) is 29.4 Å². The number of hydrogen-bond acceptors (Lipinski definition) is 6. The topological polar surface area (TPSA) is 125 Å². The van der Waals surface area contributed by atoms with E-state index in [-0.39, 0.29) is 24.2 Å². The van der Waals surface area contributed by atoms with Crippen LogP contribution < -0.4 is 15.4 Å². The molecule has 0 saturated heterocycles. The van der Waals surface area contributed by atoms with E-state index < -0.39 is 15.6 Å². The average Bonchev–Trinajstić information content (AvgIpc) is 3.01. The lowest BCUT2D eigenvalue weighted by Crippen LogP contribution is -2.33. The molecule has 2 saturated carbocycles. The Morgan fingerprint density at radius 1 is 1.26 bits per heavy atom. The molecule has 0 radical (unpaired) electrons. The summed E-state index contributed by atoms with van der Waals surface area (Å²) in [5.41, 5.74) is 2.23. The highest BCUT2D eigenvalue weighted by molar-refractivity contribution is 7.89. The molecule has 1 spiro atoms. The van der Waals surface area contributed by atoms with Gasteiger partial charge in [-0.05, 0) is 69.7 Å². The summed E-state index contributed by atoms with van der Waals surface area (Å²) in [6.45, 7) is 3.80. The molecule has 2 atom stereocenters. The zero-order chi connectivity index (χ0) is 21.8. The van der Waals surface area contributed by atoms with E-state index in [1.54, 1.807) is 12.1 Å². The van der Waals surface area contributed by atoms with Crippen LogP contribution in [0.5, 0.6) is 0 Å². The molecular formula is C21H27N5O4S. The van der Waals surface area contributed by atoms with Crippen molar-refractivity contribution in [1.29, 1.82) is 0 Å². The number of anilines is 2. The van der Waals surface area contributed by atoms with Gasteiger partial charge in [-0.15, -0.1) is 0 Å². The normalized spacial score (nSPS) is 24.9. The van der Waals surface area contributed by atoms with E-state index in [0.29, 0.717) is 10.7 Å². The first kappa shape index (κ1) is 20.3. The lowest BCUT2D eigenvalue weighted by atomic mass is 10.0. The number of nitrogens with zero attached hydrogens (tertiary/aromatic N) is 1. The van der Waals surface area contributed by atoms with Crippen molar-refractivity contribution >= 4 is 27.6 Å². The second-order valence-electron chi connectivity index (χ2n) is 9.07. The molecule has 4 N–H and O–H groups in total. The lowest BCUT2D eigenvalue weighted by molar-refractivity contribution is 0.0981. The van der Waals surface area contributed by atoms with E-state index in [0.717, 1.165) is 49.0 Å². The summed E-state index contributed by atoms with van der Waals surface area (Å²) in [6.07, 6.45) is 3.71. The maximum absolute atomic E-state index is 12.3. The van der Waals surface area contributed by atoms with Crippen LogP contribution in [0.3, 0.4) is 0 Å². The molecule has 2 aromatic rings. The SMILES string of the molecule is CC(C)NC(=O)O[C@@H]1CC[C@H](c2cc(Nc3ccc4c(c3)C3(CC3)NS4(=O)=O)n[nH]2)C1. The summed E-state index contributed by atoms with van der Waals surface area (Å²) in [7, 11) is -3.41. The van der Waals surface area contributed by atoms with Crippen LogP contribution in [-0.4, -0.2) is 36.9 Å². The first-order valence-corrected chi connectivity index (χ1v) is 12.2. The average molecular weight is 446 g/mol. The number of aromatic amines is 1. The number of fused-ring (bicyclic) bond motifs is 2. The Bertz CT molecular complexity index is 1120. The third kappa shape index (κ3) is 3.89. The van der Waals surface area contributed by atoms with Crippen LogP contribution in [0.1, 0.15) is 63.1 Å². The molecule has 1 aromatic carbocycles. The van der Waals surface area contributed by atoms with Crippen molar-refractivity contribution in [3.63, 3.8) is 0 Å². The number of hydrogen-bond donors (Lipinski definition) is 4. The Kier molecular flexibility index (Phi) is 4.74. The molecule has 1 aromatic heterocycles. The Balaban J connectivity index is 1.24. The number of ether oxygens (including phenoxy) is 1. The first-order chi connectivity index (χ1) is 14.7. The predicted octanol–water partition coefficient (Wildman–Crippen LogP) is 3.21. The number of amides is 1. The van der Waals surface area contributed by atoms with E-state index in [9.17, 15) is 13.2 Å². The van der Waals surface area contributed by atoms with Gasteiger partial charge in [-0.2, -0.15) is 5.10 Å². The molecule has 1 aliphatic heterocycles. The third-order valence-electron chi connectivity index (χ3n) is 6.24. The highest BCUT2D eigenvalue weighted by Crippen LogP contribution is 2.53. The fraction of sp³-hybridized carbons (Fsp3) is 0.524. The number of rotatable bonds is 5. The van der Waals surface area contributed by atoms with Gasteiger partial charge < -0.3 is 15.4 Å². The minimum absolute atomic E-state index is 0.0517. The standard InChI is InChI=1S/C21H27N5O4S/c1-12(2)22-20(27)30-15-5-3-13(9-15)17-11-19(25-24-17)23-14-4-6-18-16(10-14)21(7-8-21)26-31(18,28)29/h4,6,10-13,15,26H,3,5,7-9H2,1-2H3,(H,22,27)(H2,23,24,25)/t13-,15+/m0/s1. The summed E-state index contributed by atoms with van der Waals surface area (Å²) in [4.78, 5) is 12.2. The summed E-state index contributed by atoms with van der Waals surface area (Å²) in [6, 6.07) is 7.34. The molecule has 9 nitrogen and oxygen atoms in total. The number of alkyl carbamates (subject to hydrolysis) is 1. The van der Waals surface area contributed by atoms with Crippen molar-refractivity contribution in [2.45, 2.75) is 74.4 Å². The number of H-pyrrole nitrogens is 1. The van der Waals surface area contributed by atoms with Gasteiger partial charge in [0.1, 0.15) is 6.10 Å². The fourth-order valence-corrected chi connectivity index (χ4v) is 6.32. The molecule has 31 heavy (non-hydrogen) atoms. The lowest BCUT2D eigenvalue weighted by Gasteiger charge is -2.14. The van der Waals surface area contributed by atoms with E-state index >= 15 is 0 Å². The monoisotopic (exact) mass is 445 g/mol. The highest BCUT2D eigenvalue weighted by Gasteiger charge is 2.54. The number of nitrogens with one attached hydrogen (secondary N) is 4. The molecule has 2 heterocycles. The van der Waals surface area contributed by atoms with E-state index in [1.807, 2.05) is 26.0 Å². The molecule has 1 amide bonds. The van der Waals surface area contributed by atoms with E-state index in [2.05, 4.69) is 25.6 Å². The number of benzene rings is 1.